The molecule has 0 amide bonds. The molecule has 0 rings (SSSR count). The molecule has 0 aliphatic rings. The lowest BCUT2D eigenvalue weighted by Gasteiger charge is -2.21. The van der Waals surface area contributed by atoms with Crippen molar-refractivity contribution in [3.63, 3.8) is 0 Å². The van der Waals surface area contributed by atoms with Gasteiger partial charge in [0.05, 0.1) is 26.4 Å². The number of phosphoric ester groups is 2. The monoisotopic (exact) mass is 1370 g/mol. The fourth-order valence-electron chi connectivity index (χ4n) is 11.2. The van der Waals surface area contributed by atoms with Gasteiger partial charge in [-0.25, -0.2) is 9.13 Å². The number of aliphatic hydroxyl groups excluding tert-OH is 1. The van der Waals surface area contributed by atoms with E-state index in [0.29, 0.717) is 37.5 Å². The van der Waals surface area contributed by atoms with Gasteiger partial charge in [-0.2, -0.15) is 0 Å². The minimum atomic E-state index is -4.96. The molecule has 19 heteroatoms. The standard InChI is InChI=1S/C74H144O17P2/c1-8-9-10-11-12-13-14-21-25-28-33-41-48-55-71(76)84-61-69(90-73(78)57-50-43-34-29-26-23-20-18-16-15-17-19-22-24-27-31-38-45-52-65(2)3)63-88-92(80,81)86-59-68(75)60-87-93(82,83)89-64-70(62-85-72(77)56-49-42-37-36-40-47-54-67(6)7)91-74(79)58-51-44-35-30-32-39-46-53-66(4)5/h65-70,75H,8-64H2,1-7H3,(H,80,81)(H,82,83)/t68-,69-,70-/m1/s1. The van der Waals surface area contributed by atoms with E-state index in [4.69, 9.17) is 37.0 Å². The summed E-state index contributed by atoms with van der Waals surface area (Å²) in [5, 5.41) is 10.6. The zero-order chi connectivity index (χ0) is 68.7. The summed E-state index contributed by atoms with van der Waals surface area (Å²) in [5.74, 6) is 0.0704. The second-order valence-electron chi connectivity index (χ2n) is 28.1. The predicted molar refractivity (Wildman–Crippen MR) is 377 cm³/mol. The molecule has 0 heterocycles. The third-order valence-electron chi connectivity index (χ3n) is 17.1. The van der Waals surface area contributed by atoms with E-state index in [2.05, 4.69) is 48.5 Å². The second kappa shape index (κ2) is 64.7. The Bertz CT molecular complexity index is 1820. The number of ether oxygens (including phenoxy) is 4. The van der Waals surface area contributed by atoms with Crippen LogP contribution in [0, 0.1) is 17.8 Å². The molecule has 0 aromatic rings. The summed E-state index contributed by atoms with van der Waals surface area (Å²) in [6.45, 7) is 11.8. The molecular weight excluding hydrogens is 1220 g/mol. The molecule has 0 aromatic heterocycles. The first-order valence-corrected chi connectivity index (χ1v) is 41.3. The summed E-state index contributed by atoms with van der Waals surface area (Å²) < 4.78 is 68.3. The molecule has 0 aliphatic heterocycles. The van der Waals surface area contributed by atoms with Crippen molar-refractivity contribution in [1.82, 2.24) is 0 Å². The summed E-state index contributed by atoms with van der Waals surface area (Å²) >= 11 is 0. The minimum absolute atomic E-state index is 0.102. The predicted octanol–water partition coefficient (Wildman–Crippen LogP) is 21.4. The Hall–Kier alpha value is -1.94. The molecule has 0 bridgehead atoms. The lowest BCUT2D eigenvalue weighted by atomic mass is 10.0. The van der Waals surface area contributed by atoms with Crippen LogP contribution in [0.4, 0.5) is 0 Å². The molecule has 0 spiro atoms. The number of phosphoric acid groups is 2. The third kappa shape index (κ3) is 68.4. The van der Waals surface area contributed by atoms with E-state index in [0.717, 1.165) is 102 Å². The summed E-state index contributed by atoms with van der Waals surface area (Å²) in [7, 11) is -9.90. The normalized spacial score (nSPS) is 14.1. The lowest BCUT2D eigenvalue weighted by molar-refractivity contribution is -0.161. The molecule has 0 fully saturated rings. The highest BCUT2D eigenvalue weighted by molar-refractivity contribution is 7.47. The molecule has 0 aliphatic carbocycles. The minimum Gasteiger partial charge on any atom is -0.462 e. The number of hydrogen-bond donors (Lipinski definition) is 3. The van der Waals surface area contributed by atoms with Crippen LogP contribution in [0.25, 0.3) is 0 Å². The molecule has 2 unspecified atom stereocenters. The molecule has 17 nitrogen and oxygen atoms in total. The van der Waals surface area contributed by atoms with E-state index in [1.165, 1.54) is 180 Å². The van der Waals surface area contributed by atoms with Crippen LogP contribution in [0.3, 0.4) is 0 Å². The Morgan fingerprint density at radius 1 is 0.290 bits per heavy atom. The van der Waals surface area contributed by atoms with Gasteiger partial charge in [0.1, 0.15) is 19.3 Å². The van der Waals surface area contributed by atoms with Gasteiger partial charge >= 0.3 is 39.5 Å². The fourth-order valence-corrected chi connectivity index (χ4v) is 12.8. The number of aliphatic hydroxyl groups is 1. The molecule has 5 atom stereocenters. The Kier molecular flexibility index (Phi) is 63.4. The van der Waals surface area contributed by atoms with Crippen LogP contribution in [-0.4, -0.2) is 96.7 Å². The van der Waals surface area contributed by atoms with Crippen molar-refractivity contribution >= 4 is 39.5 Å². The smallest absolute Gasteiger partial charge is 0.462 e. The zero-order valence-corrected chi connectivity index (χ0v) is 62.5. The number of esters is 4. The number of unbranched alkanes of at least 4 members (excludes halogenated alkanes) is 40. The quantitative estimate of drug-likeness (QED) is 0.0222. The maximum Gasteiger partial charge on any atom is 0.472 e. The van der Waals surface area contributed by atoms with Gasteiger partial charge in [-0.15, -0.1) is 0 Å². The summed E-state index contributed by atoms with van der Waals surface area (Å²) in [5.41, 5.74) is 0. The topological polar surface area (TPSA) is 237 Å². The largest absolute Gasteiger partial charge is 0.472 e. The van der Waals surface area contributed by atoms with Gasteiger partial charge in [-0.05, 0) is 43.4 Å². The molecule has 0 saturated heterocycles. The first-order chi connectivity index (χ1) is 44.7. The van der Waals surface area contributed by atoms with Crippen LogP contribution in [-0.2, 0) is 65.4 Å². The van der Waals surface area contributed by atoms with Gasteiger partial charge in [0, 0.05) is 25.7 Å². The Morgan fingerprint density at radius 3 is 0.731 bits per heavy atom. The lowest BCUT2D eigenvalue weighted by Crippen LogP contribution is -2.30. The van der Waals surface area contributed by atoms with Crippen LogP contribution in [0.15, 0.2) is 0 Å². The van der Waals surface area contributed by atoms with Crippen LogP contribution in [0.2, 0.25) is 0 Å². The number of hydrogen-bond acceptors (Lipinski definition) is 15. The van der Waals surface area contributed by atoms with Crippen molar-refractivity contribution in [2.45, 2.75) is 394 Å². The highest BCUT2D eigenvalue weighted by atomic mass is 31.2. The van der Waals surface area contributed by atoms with Crippen LogP contribution in [0.5, 0.6) is 0 Å². The van der Waals surface area contributed by atoms with Crippen molar-refractivity contribution in [2.24, 2.45) is 17.8 Å². The summed E-state index contributed by atoms with van der Waals surface area (Å²) in [6.07, 6.45) is 50.3. The number of carbonyl (C=O) groups excluding carboxylic acids is 4. The van der Waals surface area contributed by atoms with Crippen molar-refractivity contribution in [3.8, 4) is 0 Å². The molecule has 0 saturated carbocycles. The molecule has 552 valence electrons. The average molecular weight is 1370 g/mol. The Balaban J connectivity index is 5.18. The SMILES string of the molecule is CCCCCCCCCCCCCCCC(=O)OC[C@H](COP(=O)(O)OC[C@@H](O)COP(=O)(O)OC[C@@H](COC(=O)CCCCCCCCC(C)C)OC(=O)CCCCCCCCCC(C)C)OC(=O)CCCCCCCCCCCCCCCCCCCCC(C)C. The van der Waals surface area contributed by atoms with Crippen molar-refractivity contribution < 1.29 is 80.2 Å². The summed E-state index contributed by atoms with van der Waals surface area (Å²) in [4.78, 5) is 72.6. The van der Waals surface area contributed by atoms with Gasteiger partial charge in [-0.3, -0.25) is 37.3 Å². The second-order valence-corrected chi connectivity index (χ2v) is 31.0. The molecule has 0 aromatic carbocycles. The average Bonchev–Trinajstić information content (AvgIpc) is 2.71. The highest BCUT2D eigenvalue weighted by Crippen LogP contribution is 2.45. The fraction of sp³-hybridized carbons (Fsp3) is 0.946. The first-order valence-electron chi connectivity index (χ1n) is 38.3. The van der Waals surface area contributed by atoms with Gasteiger partial charge < -0.3 is 33.8 Å². The first kappa shape index (κ1) is 91.1. The van der Waals surface area contributed by atoms with E-state index >= 15 is 0 Å². The van der Waals surface area contributed by atoms with E-state index in [1.807, 2.05) is 0 Å². The van der Waals surface area contributed by atoms with Gasteiger partial charge in [-0.1, -0.05) is 325 Å². The molecule has 0 radical (unpaired) electrons. The van der Waals surface area contributed by atoms with E-state index < -0.39 is 97.5 Å². The van der Waals surface area contributed by atoms with Gasteiger partial charge in [0.2, 0.25) is 0 Å². The van der Waals surface area contributed by atoms with Crippen LogP contribution < -0.4 is 0 Å². The van der Waals surface area contributed by atoms with E-state index in [-0.39, 0.29) is 25.7 Å². The molecule has 3 N–H and O–H groups in total. The number of carbonyl (C=O) groups is 4. The highest BCUT2D eigenvalue weighted by Gasteiger charge is 2.30. The Morgan fingerprint density at radius 2 is 0.495 bits per heavy atom. The van der Waals surface area contributed by atoms with E-state index in [9.17, 15) is 43.2 Å². The molecule has 93 heavy (non-hydrogen) atoms. The number of rotatable bonds is 72. The van der Waals surface area contributed by atoms with Crippen molar-refractivity contribution in [2.75, 3.05) is 39.6 Å². The van der Waals surface area contributed by atoms with Crippen molar-refractivity contribution in [3.05, 3.63) is 0 Å². The Labute approximate surface area is 568 Å². The van der Waals surface area contributed by atoms with Gasteiger partial charge in [0.15, 0.2) is 12.2 Å². The van der Waals surface area contributed by atoms with Crippen LogP contribution >= 0.6 is 15.6 Å². The maximum absolute atomic E-state index is 13.1. The summed E-state index contributed by atoms with van der Waals surface area (Å²) in [6, 6.07) is 0. The zero-order valence-electron chi connectivity index (χ0n) is 60.7. The third-order valence-corrected chi connectivity index (χ3v) is 19.0. The van der Waals surface area contributed by atoms with Crippen LogP contribution in [0.1, 0.15) is 376 Å². The van der Waals surface area contributed by atoms with E-state index in [1.54, 1.807) is 0 Å². The van der Waals surface area contributed by atoms with Crippen molar-refractivity contribution in [1.29, 1.82) is 0 Å². The van der Waals surface area contributed by atoms with Gasteiger partial charge in [0.25, 0.3) is 0 Å². The maximum atomic E-state index is 13.1. The molecular formula is C74H144O17P2.